The van der Waals surface area contributed by atoms with Crippen LogP contribution in [0.2, 0.25) is 0 Å². The first kappa shape index (κ1) is 14.4. The highest BCUT2D eigenvalue weighted by molar-refractivity contribution is 5.51. The lowest BCUT2D eigenvalue weighted by atomic mass is 9.85. The Morgan fingerprint density at radius 1 is 1.26 bits per heavy atom. The van der Waals surface area contributed by atoms with Crippen LogP contribution in [0.25, 0.3) is 0 Å². The molecule has 19 heavy (non-hydrogen) atoms. The topological polar surface area (TPSA) is 15.3 Å². The minimum atomic E-state index is 0.932. The van der Waals surface area contributed by atoms with Crippen molar-refractivity contribution in [1.29, 1.82) is 0 Å². The molecule has 1 aliphatic carbocycles. The van der Waals surface area contributed by atoms with Crippen molar-refractivity contribution in [2.45, 2.75) is 46.6 Å². The van der Waals surface area contributed by atoms with Crippen LogP contribution in [0, 0.1) is 12.8 Å². The van der Waals surface area contributed by atoms with Crippen molar-refractivity contribution in [3.05, 3.63) is 29.3 Å². The summed E-state index contributed by atoms with van der Waals surface area (Å²) in [6, 6.07) is 6.94. The molecule has 1 aromatic rings. The normalized spacial score (nSPS) is 15.3. The summed E-state index contributed by atoms with van der Waals surface area (Å²) < 4.78 is 0. The summed E-state index contributed by atoms with van der Waals surface area (Å²) in [5, 5.41) is 3.40. The largest absolute Gasteiger partial charge is 0.372 e. The van der Waals surface area contributed by atoms with Gasteiger partial charge in [-0.05, 0) is 62.4 Å². The van der Waals surface area contributed by atoms with E-state index < -0.39 is 0 Å². The van der Waals surface area contributed by atoms with Gasteiger partial charge >= 0.3 is 0 Å². The van der Waals surface area contributed by atoms with Gasteiger partial charge in [0.2, 0.25) is 0 Å². The third-order valence-electron chi connectivity index (χ3n) is 4.34. The zero-order valence-corrected chi connectivity index (χ0v) is 12.7. The molecule has 0 radical (unpaired) electrons. The van der Waals surface area contributed by atoms with Gasteiger partial charge in [-0.3, -0.25) is 0 Å². The molecule has 1 aromatic carbocycles. The molecule has 0 amide bonds. The Morgan fingerprint density at radius 3 is 2.58 bits per heavy atom. The number of benzene rings is 1. The van der Waals surface area contributed by atoms with E-state index >= 15 is 0 Å². The molecule has 0 aromatic heterocycles. The van der Waals surface area contributed by atoms with E-state index in [4.69, 9.17) is 0 Å². The Bertz CT molecular complexity index is 396. The molecule has 2 rings (SSSR count). The Balaban J connectivity index is 2.03. The number of nitrogens with zero attached hydrogens (tertiary/aromatic N) is 1. The van der Waals surface area contributed by atoms with Crippen LogP contribution in [-0.2, 0) is 6.54 Å². The molecule has 0 aliphatic heterocycles. The van der Waals surface area contributed by atoms with Crippen LogP contribution in [0.15, 0.2) is 18.2 Å². The number of rotatable bonds is 7. The molecular formula is C17H28N2. The maximum Gasteiger partial charge on any atom is 0.0369 e. The van der Waals surface area contributed by atoms with Crippen LogP contribution < -0.4 is 10.2 Å². The summed E-state index contributed by atoms with van der Waals surface area (Å²) in [6.45, 7) is 11.0. The first-order chi connectivity index (χ1) is 9.24. The van der Waals surface area contributed by atoms with Gasteiger partial charge in [0, 0.05) is 25.3 Å². The van der Waals surface area contributed by atoms with E-state index in [9.17, 15) is 0 Å². The van der Waals surface area contributed by atoms with E-state index in [0.717, 1.165) is 25.6 Å². The highest BCUT2D eigenvalue weighted by Crippen LogP contribution is 2.29. The summed E-state index contributed by atoms with van der Waals surface area (Å²) in [5.74, 6) is 0.932. The summed E-state index contributed by atoms with van der Waals surface area (Å²) in [5.41, 5.74) is 4.22. The van der Waals surface area contributed by atoms with Crippen molar-refractivity contribution in [3.63, 3.8) is 0 Å². The van der Waals surface area contributed by atoms with Crippen LogP contribution >= 0.6 is 0 Å². The highest BCUT2D eigenvalue weighted by Gasteiger charge is 2.20. The lowest BCUT2D eigenvalue weighted by molar-refractivity contribution is 0.318. The van der Waals surface area contributed by atoms with E-state index in [1.54, 1.807) is 0 Å². The minimum Gasteiger partial charge on any atom is -0.372 e. The summed E-state index contributed by atoms with van der Waals surface area (Å²) in [4.78, 5) is 2.54. The second-order valence-corrected chi connectivity index (χ2v) is 5.73. The Hall–Kier alpha value is -1.02. The molecule has 1 fully saturated rings. The van der Waals surface area contributed by atoms with Crippen LogP contribution in [0.4, 0.5) is 5.69 Å². The molecule has 2 heteroatoms. The number of nitrogens with one attached hydrogen (secondary N) is 1. The minimum absolute atomic E-state index is 0.932. The van der Waals surface area contributed by atoms with Crippen LogP contribution in [-0.4, -0.2) is 19.6 Å². The maximum absolute atomic E-state index is 3.40. The second kappa shape index (κ2) is 6.95. The molecule has 0 saturated heterocycles. The summed E-state index contributed by atoms with van der Waals surface area (Å²) in [6.07, 6.45) is 4.28. The standard InChI is InChI=1S/C17H28N2/c1-4-18-12-16-9-10-17(11-14(16)3)19(5-2)13-15-7-6-8-15/h9-11,15,18H,4-8,12-13H2,1-3H3. The fraction of sp³-hybridized carbons (Fsp3) is 0.647. The van der Waals surface area contributed by atoms with Gasteiger partial charge < -0.3 is 10.2 Å². The Kier molecular flexibility index (Phi) is 5.26. The van der Waals surface area contributed by atoms with E-state index in [-0.39, 0.29) is 0 Å². The molecule has 106 valence electrons. The van der Waals surface area contributed by atoms with Crippen LogP contribution in [0.5, 0.6) is 0 Å². The molecule has 1 aliphatic rings. The molecule has 2 nitrogen and oxygen atoms in total. The summed E-state index contributed by atoms with van der Waals surface area (Å²) >= 11 is 0. The van der Waals surface area contributed by atoms with E-state index in [2.05, 4.69) is 49.2 Å². The SMILES string of the molecule is CCNCc1ccc(N(CC)CC2CCC2)cc1C. The molecule has 0 heterocycles. The molecular weight excluding hydrogens is 232 g/mol. The first-order valence-electron chi connectivity index (χ1n) is 7.79. The van der Waals surface area contributed by atoms with E-state index in [1.165, 1.54) is 42.6 Å². The van der Waals surface area contributed by atoms with Crippen LogP contribution in [0.3, 0.4) is 0 Å². The van der Waals surface area contributed by atoms with Gasteiger partial charge in [0.05, 0.1) is 0 Å². The Morgan fingerprint density at radius 2 is 2.05 bits per heavy atom. The van der Waals surface area contributed by atoms with Crippen LogP contribution in [0.1, 0.15) is 44.2 Å². The van der Waals surface area contributed by atoms with Gasteiger partial charge in [0.25, 0.3) is 0 Å². The van der Waals surface area contributed by atoms with Gasteiger partial charge in [0.15, 0.2) is 0 Å². The average molecular weight is 260 g/mol. The Labute approximate surface area is 118 Å². The smallest absolute Gasteiger partial charge is 0.0369 e. The highest BCUT2D eigenvalue weighted by atomic mass is 15.1. The molecule has 0 spiro atoms. The first-order valence-corrected chi connectivity index (χ1v) is 7.79. The van der Waals surface area contributed by atoms with Gasteiger partial charge in [-0.1, -0.05) is 19.4 Å². The van der Waals surface area contributed by atoms with Gasteiger partial charge in [-0.15, -0.1) is 0 Å². The number of aryl methyl sites for hydroxylation is 1. The molecule has 1 N–H and O–H groups in total. The lowest BCUT2D eigenvalue weighted by Gasteiger charge is -2.33. The van der Waals surface area contributed by atoms with Crippen molar-refractivity contribution in [3.8, 4) is 0 Å². The van der Waals surface area contributed by atoms with Crippen molar-refractivity contribution >= 4 is 5.69 Å². The molecule has 0 unspecified atom stereocenters. The third-order valence-corrected chi connectivity index (χ3v) is 4.34. The maximum atomic E-state index is 3.40. The fourth-order valence-electron chi connectivity index (χ4n) is 2.74. The zero-order chi connectivity index (χ0) is 13.7. The number of anilines is 1. The quantitative estimate of drug-likeness (QED) is 0.803. The molecule has 1 saturated carbocycles. The predicted molar refractivity (Wildman–Crippen MR) is 83.8 cm³/mol. The summed E-state index contributed by atoms with van der Waals surface area (Å²) in [7, 11) is 0. The lowest BCUT2D eigenvalue weighted by Crippen LogP contribution is -2.32. The molecule has 0 atom stereocenters. The van der Waals surface area contributed by atoms with Crippen molar-refractivity contribution < 1.29 is 0 Å². The van der Waals surface area contributed by atoms with Gasteiger partial charge in [-0.25, -0.2) is 0 Å². The van der Waals surface area contributed by atoms with E-state index in [1.807, 2.05) is 0 Å². The third kappa shape index (κ3) is 3.73. The predicted octanol–water partition coefficient (Wildman–Crippen LogP) is 3.73. The van der Waals surface area contributed by atoms with Crippen molar-refractivity contribution in [2.75, 3.05) is 24.5 Å². The number of hydrogen-bond donors (Lipinski definition) is 1. The van der Waals surface area contributed by atoms with Gasteiger partial charge in [-0.2, -0.15) is 0 Å². The fourth-order valence-corrected chi connectivity index (χ4v) is 2.74. The average Bonchev–Trinajstić information content (AvgIpc) is 2.36. The second-order valence-electron chi connectivity index (χ2n) is 5.73. The number of hydrogen-bond acceptors (Lipinski definition) is 2. The van der Waals surface area contributed by atoms with Crippen molar-refractivity contribution in [1.82, 2.24) is 5.32 Å². The monoisotopic (exact) mass is 260 g/mol. The van der Waals surface area contributed by atoms with Crippen molar-refractivity contribution in [2.24, 2.45) is 5.92 Å². The van der Waals surface area contributed by atoms with Gasteiger partial charge in [0.1, 0.15) is 0 Å². The molecule has 0 bridgehead atoms. The van der Waals surface area contributed by atoms with E-state index in [0.29, 0.717) is 0 Å². The zero-order valence-electron chi connectivity index (χ0n) is 12.7.